The van der Waals surface area contributed by atoms with Gasteiger partial charge in [-0.2, -0.15) is 0 Å². The van der Waals surface area contributed by atoms with E-state index in [1.807, 2.05) is 0 Å². The molecule has 0 spiro atoms. The molecular formula is C16H20O. The highest BCUT2D eigenvalue weighted by Gasteiger charge is 2.46. The van der Waals surface area contributed by atoms with Crippen molar-refractivity contribution in [3.63, 3.8) is 0 Å². The van der Waals surface area contributed by atoms with Crippen LogP contribution in [-0.2, 0) is 11.2 Å². The van der Waals surface area contributed by atoms with Gasteiger partial charge in [0.2, 0.25) is 0 Å². The van der Waals surface area contributed by atoms with Crippen molar-refractivity contribution in [1.29, 1.82) is 0 Å². The Bertz CT molecular complexity index is 384. The van der Waals surface area contributed by atoms with Crippen LogP contribution in [0.25, 0.3) is 0 Å². The third-order valence-electron chi connectivity index (χ3n) is 4.96. The van der Waals surface area contributed by atoms with Crippen molar-refractivity contribution in [2.45, 2.75) is 32.1 Å². The minimum atomic E-state index is 0.673. The van der Waals surface area contributed by atoms with Gasteiger partial charge in [0.05, 0.1) is 0 Å². The Hall–Kier alpha value is -1.11. The van der Waals surface area contributed by atoms with Gasteiger partial charge < -0.3 is 4.79 Å². The summed E-state index contributed by atoms with van der Waals surface area (Å²) >= 11 is 0. The van der Waals surface area contributed by atoms with Gasteiger partial charge >= 0.3 is 0 Å². The van der Waals surface area contributed by atoms with E-state index in [0.717, 1.165) is 30.5 Å². The molecule has 0 amide bonds. The van der Waals surface area contributed by atoms with Gasteiger partial charge in [0.25, 0.3) is 0 Å². The van der Waals surface area contributed by atoms with E-state index in [0.29, 0.717) is 5.92 Å². The minimum absolute atomic E-state index is 0.673. The van der Waals surface area contributed by atoms with E-state index in [4.69, 9.17) is 0 Å². The van der Waals surface area contributed by atoms with Crippen molar-refractivity contribution in [2.24, 2.45) is 23.7 Å². The maximum atomic E-state index is 10.8. The van der Waals surface area contributed by atoms with E-state index in [2.05, 4.69) is 30.3 Å². The van der Waals surface area contributed by atoms with E-state index in [1.165, 1.54) is 31.2 Å². The molecule has 90 valence electrons. The Kier molecular flexibility index (Phi) is 3.00. The van der Waals surface area contributed by atoms with Crippen LogP contribution in [0.1, 0.15) is 31.2 Å². The number of aldehydes is 1. The first-order chi connectivity index (χ1) is 8.38. The van der Waals surface area contributed by atoms with Gasteiger partial charge in [-0.25, -0.2) is 0 Å². The van der Waals surface area contributed by atoms with Crippen LogP contribution in [-0.4, -0.2) is 6.29 Å². The summed E-state index contributed by atoms with van der Waals surface area (Å²) in [6.07, 6.45) is 7.27. The SMILES string of the molecule is O=CC[C@H]1[C@H]2CC[C@H](C2)[C@@H]1Cc1ccccc1. The number of hydrogen-bond donors (Lipinski definition) is 0. The largest absolute Gasteiger partial charge is 0.303 e. The lowest BCUT2D eigenvalue weighted by molar-refractivity contribution is -0.109. The first-order valence-corrected chi connectivity index (χ1v) is 6.86. The number of rotatable bonds is 4. The summed E-state index contributed by atoms with van der Waals surface area (Å²) in [6.45, 7) is 0. The van der Waals surface area contributed by atoms with Gasteiger partial charge in [-0.15, -0.1) is 0 Å². The summed E-state index contributed by atoms with van der Waals surface area (Å²) in [6, 6.07) is 10.8. The molecule has 1 aromatic carbocycles. The average Bonchev–Trinajstić information content (AvgIpc) is 2.94. The second-order valence-corrected chi connectivity index (χ2v) is 5.75. The first-order valence-electron chi connectivity index (χ1n) is 6.86. The molecule has 0 radical (unpaired) electrons. The molecule has 17 heavy (non-hydrogen) atoms. The average molecular weight is 228 g/mol. The summed E-state index contributed by atoms with van der Waals surface area (Å²) in [7, 11) is 0. The Morgan fingerprint density at radius 1 is 1.06 bits per heavy atom. The molecule has 2 fully saturated rings. The van der Waals surface area contributed by atoms with Crippen molar-refractivity contribution >= 4 is 6.29 Å². The lowest BCUT2D eigenvalue weighted by Crippen LogP contribution is -2.24. The molecule has 0 aliphatic heterocycles. The Labute approximate surface area is 103 Å². The summed E-state index contributed by atoms with van der Waals surface area (Å²) in [5, 5.41) is 0. The van der Waals surface area contributed by atoms with Crippen LogP contribution >= 0.6 is 0 Å². The number of carbonyl (C=O) groups is 1. The molecule has 2 aliphatic carbocycles. The second-order valence-electron chi connectivity index (χ2n) is 5.75. The summed E-state index contributed by atoms with van der Waals surface area (Å²) in [4.78, 5) is 10.8. The number of hydrogen-bond acceptors (Lipinski definition) is 1. The summed E-state index contributed by atoms with van der Waals surface area (Å²) in [5.74, 6) is 3.18. The number of carbonyl (C=O) groups excluding carboxylic acids is 1. The van der Waals surface area contributed by atoms with Crippen molar-refractivity contribution in [1.82, 2.24) is 0 Å². The fourth-order valence-corrected chi connectivity index (χ4v) is 4.21. The van der Waals surface area contributed by atoms with Gasteiger partial charge in [0.15, 0.2) is 0 Å². The summed E-state index contributed by atoms with van der Waals surface area (Å²) < 4.78 is 0. The maximum Gasteiger partial charge on any atom is 0.120 e. The molecule has 3 rings (SSSR count). The van der Waals surface area contributed by atoms with Crippen LogP contribution in [0.15, 0.2) is 30.3 Å². The van der Waals surface area contributed by atoms with Crippen molar-refractivity contribution in [3.05, 3.63) is 35.9 Å². The van der Waals surface area contributed by atoms with E-state index in [1.54, 1.807) is 0 Å². The normalized spacial score (nSPS) is 35.1. The Morgan fingerprint density at radius 3 is 2.47 bits per heavy atom. The maximum absolute atomic E-state index is 10.8. The molecule has 4 atom stereocenters. The number of fused-ring (bicyclic) bond motifs is 2. The quantitative estimate of drug-likeness (QED) is 0.721. The molecule has 1 heteroatoms. The molecule has 0 N–H and O–H groups in total. The van der Waals surface area contributed by atoms with Crippen molar-refractivity contribution < 1.29 is 4.79 Å². The standard InChI is InChI=1S/C16H20O/c17-9-8-15-13-6-7-14(11-13)16(15)10-12-4-2-1-3-5-12/h1-5,9,13-16H,6-8,10-11H2/t13-,14+,15-,16-/m0/s1. The molecule has 1 nitrogen and oxygen atoms in total. The zero-order chi connectivity index (χ0) is 11.7. The van der Waals surface area contributed by atoms with E-state index in [-0.39, 0.29) is 0 Å². The second kappa shape index (κ2) is 4.64. The van der Waals surface area contributed by atoms with E-state index in [9.17, 15) is 4.79 Å². The predicted molar refractivity (Wildman–Crippen MR) is 68.6 cm³/mol. The molecule has 2 saturated carbocycles. The lowest BCUT2D eigenvalue weighted by Gasteiger charge is -2.30. The Balaban J connectivity index is 1.75. The van der Waals surface area contributed by atoms with Crippen LogP contribution < -0.4 is 0 Å². The van der Waals surface area contributed by atoms with Gasteiger partial charge in [-0.1, -0.05) is 30.3 Å². The highest BCUT2D eigenvalue weighted by Crippen LogP contribution is 2.54. The smallest absolute Gasteiger partial charge is 0.120 e. The van der Waals surface area contributed by atoms with Crippen LogP contribution in [0, 0.1) is 23.7 Å². The highest BCUT2D eigenvalue weighted by molar-refractivity contribution is 5.50. The lowest BCUT2D eigenvalue weighted by atomic mass is 9.75. The van der Waals surface area contributed by atoms with E-state index >= 15 is 0 Å². The zero-order valence-electron chi connectivity index (χ0n) is 10.2. The first kappa shape index (κ1) is 11.0. The van der Waals surface area contributed by atoms with Gasteiger partial charge in [-0.05, 0) is 54.9 Å². The molecule has 0 heterocycles. The highest BCUT2D eigenvalue weighted by atomic mass is 16.1. The minimum Gasteiger partial charge on any atom is -0.303 e. The molecule has 0 saturated heterocycles. The van der Waals surface area contributed by atoms with Crippen molar-refractivity contribution in [3.8, 4) is 0 Å². The molecule has 1 aromatic rings. The predicted octanol–water partition coefficient (Wildman–Crippen LogP) is 3.48. The fourth-order valence-electron chi connectivity index (χ4n) is 4.21. The third-order valence-corrected chi connectivity index (χ3v) is 4.96. The molecule has 0 unspecified atom stereocenters. The monoisotopic (exact) mass is 228 g/mol. The zero-order valence-corrected chi connectivity index (χ0v) is 10.2. The molecular weight excluding hydrogens is 208 g/mol. The topological polar surface area (TPSA) is 17.1 Å². The van der Waals surface area contributed by atoms with Crippen LogP contribution in [0.5, 0.6) is 0 Å². The molecule has 0 aromatic heterocycles. The van der Waals surface area contributed by atoms with Gasteiger partial charge in [0.1, 0.15) is 6.29 Å². The van der Waals surface area contributed by atoms with Crippen LogP contribution in [0.2, 0.25) is 0 Å². The fraction of sp³-hybridized carbons (Fsp3) is 0.562. The Morgan fingerprint density at radius 2 is 1.76 bits per heavy atom. The third kappa shape index (κ3) is 2.03. The van der Waals surface area contributed by atoms with Gasteiger partial charge in [-0.3, -0.25) is 0 Å². The van der Waals surface area contributed by atoms with E-state index < -0.39 is 0 Å². The molecule has 2 bridgehead atoms. The van der Waals surface area contributed by atoms with Crippen molar-refractivity contribution in [2.75, 3.05) is 0 Å². The molecule has 2 aliphatic rings. The van der Waals surface area contributed by atoms with Crippen LogP contribution in [0.4, 0.5) is 0 Å². The van der Waals surface area contributed by atoms with Gasteiger partial charge in [0, 0.05) is 6.42 Å². The van der Waals surface area contributed by atoms with Crippen LogP contribution in [0.3, 0.4) is 0 Å². The summed E-state index contributed by atoms with van der Waals surface area (Å²) in [5.41, 5.74) is 1.45. The number of benzene rings is 1.